The summed E-state index contributed by atoms with van der Waals surface area (Å²) in [6, 6.07) is 14.6. The average Bonchev–Trinajstić information content (AvgIpc) is 3.16. The number of aromatic hydroxyl groups is 1. The third-order valence-electron chi connectivity index (χ3n) is 5.15. The van der Waals surface area contributed by atoms with Gasteiger partial charge in [-0.05, 0) is 17.7 Å². The number of aryl methyl sites for hydroxylation is 1. The van der Waals surface area contributed by atoms with Gasteiger partial charge in [0.1, 0.15) is 0 Å². The van der Waals surface area contributed by atoms with Gasteiger partial charge in [-0.2, -0.15) is 10.1 Å². The molecule has 4 aromatic rings. The Hall–Kier alpha value is -4.34. The number of fused-ring (bicyclic) bond motifs is 1. The number of nitrogens with zero attached hydrogens (tertiary/aromatic N) is 5. The van der Waals surface area contributed by atoms with Gasteiger partial charge in [0.05, 0.1) is 19.9 Å². The van der Waals surface area contributed by atoms with E-state index in [0.29, 0.717) is 17.9 Å². The van der Waals surface area contributed by atoms with Gasteiger partial charge in [0.25, 0.3) is 5.56 Å². The van der Waals surface area contributed by atoms with Crippen LogP contribution in [0.3, 0.4) is 0 Å². The van der Waals surface area contributed by atoms with Gasteiger partial charge in [-0.15, -0.1) is 0 Å². The van der Waals surface area contributed by atoms with E-state index in [2.05, 4.69) is 15.5 Å². The number of methoxy groups -OCH3 is 1. The number of nitrogens with one attached hydrogen (secondary N) is 1. The highest BCUT2D eigenvalue weighted by Crippen LogP contribution is 2.28. The zero-order valence-corrected chi connectivity index (χ0v) is 17.8. The highest BCUT2D eigenvalue weighted by atomic mass is 16.5. The topological polar surface area (TPSA) is 116 Å². The Morgan fingerprint density at radius 1 is 1.09 bits per heavy atom. The van der Waals surface area contributed by atoms with Crippen molar-refractivity contribution < 1.29 is 9.84 Å². The number of aromatic nitrogens is 4. The molecule has 0 aliphatic carbocycles. The Labute approximate surface area is 182 Å². The van der Waals surface area contributed by atoms with Gasteiger partial charge in [-0.3, -0.25) is 18.5 Å². The van der Waals surface area contributed by atoms with Crippen LogP contribution >= 0.6 is 0 Å². The summed E-state index contributed by atoms with van der Waals surface area (Å²) in [5, 5.41) is 14.4. The number of anilines is 1. The molecule has 0 aliphatic rings. The van der Waals surface area contributed by atoms with Crippen LogP contribution in [0.5, 0.6) is 11.5 Å². The van der Waals surface area contributed by atoms with Gasteiger partial charge in [-0.1, -0.05) is 36.4 Å². The zero-order valence-electron chi connectivity index (χ0n) is 17.8. The van der Waals surface area contributed by atoms with Crippen LogP contribution in [0.4, 0.5) is 5.95 Å². The fraction of sp³-hybridized carbons (Fsp3) is 0.182. The van der Waals surface area contributed by atoms with Gasteiger partial charge < -0.3 is 9.84 Å². The van der Waals surface area contributed by atoms with E-state index in [9.17, 15) is 14.7 Å². The Bertz CT molecular complexity index is 1430. The molecule has 10 heteroatoms. The number of para-hydroxylation sites is 1. The molecule has 0 unspecified atom stereocenters. The summed E-state index contributed by atoms with van der Waals surface area (Å²) in [4.78, 5) is 29.7. The summed E-state index contributed by atoms with van der Waals surface area (Å²) in [6.45, 7) is 0.340. The van der Waals surface area contributed by atoms with Gasteiger partial charge in [-0.25, -0.2) is 10.2 Å². The van der Waals surface area contributed by atoms with Crippen LogP contribution in [0.2, 0.25) is 0 Å². The van der Waals surface area contributed by atoms with E-state index in [1.807, 2.05) is 30.3 Å². The zero-order chi connectivity index (χ0) is 22.8. The van der Waals surface area contributed by atoms with Crippen molar-refractivity contribution in [2.45, 2.75) is 6.54 Å². The van der Waals surface area contributed by atoms with Crippen molar-refractivity contribution in [1.29, 1.82) is 0 Å². The molecule has 0 saturated heterocycles. The highest BCUT2D eigenvalue weighted by Gasteiger charge is 2.19. The normalized spacial score (nSPS) is 11.3. The van der Waals surface area contributed by atoms with Crippen LogP contribution in [0.15, 0.2) is 63.2 Å². The Morgan fingerprint density at radius 3 is 2.56 bits per heavy atom. The third-order valence-corrected chi connectivity index (χ3v) is 5.15. The van der Waals surface area contributed by atoms with Crippen molar-refractivity contribution >= 4 is 23.3 Å². The second-order valence-electron chi connectivity index (χ2n) is 7.15. The molecule has 0 spiro atoms. The van der Waals surface area contributed by atoms with E-state index in [4.69, 9.17) is 4.74 Å². The molecule has 0 aliphatic heterocycles. The lowest BCUT2D eigenvalue weighted by Gasteiger charge is -2.09. The molecule has 2 aromatic heterocycles. The number of phenols is 1. The number of phenolic OH excluding ortho intramolecular Hbond substituents is 1. The van der Waals surface area contributed by atoms with Gasteiger partial charge in [0.2, 0.25) is 5.95 Å². The number of hydrogen-bond donors (Lipinski definition) is 2. The minimum atomic E-state index is -0.469. The Morgan fingerprint density at radius 2 is 1.84 bits per heavy atom. The van der Waals surface area contributed by atoms with Gasteiger partial charge >= 0.3 is 5.69 Å². The van der Waals surface area contributed by atoms with Crippen LogP contribution < -0.4 is 21.4 Å². The third kappa shape index (κ3) is 3.62. The largest absolute Gasteiger partial charge is 0.504 e. The van der Waals surface area contributed by atoms with E-state index in [0.717, 1.165) is 10.1 Å². The molecule has 4 rings (SSSR count). The predicted molar refractivity (Wildman–Crippen MR) is 122 cm³/mol. The lowest BCUT2D eigenvalue weighted by molar-refractivity contribution is 0.373. The van der Waals surface area contributed by atoms with Crippen LogP contribution in [-0.4, -0.2) is 37.1 Å². The molecule has 2 heterocycles. The molecule has 32 heavy (non-hydrogen) atoms. The molecular weight excluding hydrogens is 412 g/mol. The van der Waals surface area contributed by atoms with E-state index in [1.165, 1.54) is 24.9 Å². The van der Waals surface area contributed by atoms with Crippen molar-refractivity contribution in [3.63, 3.8) is 0 Å². The fourth-order valence-electron chi connectivity index (χ4n) is 3.42. The number of rotatable bonds is 6. The number of hydrazone groups is 1. The van der Waals surface area contributed by atoms with Crippen LogP contribution in [0.25, 0.3) is 11.2 Å². The van der Waals surface area contributed by atoms with E-state index >= 15 is 0 Å². The number of imidazole rings is 1. The summed E-state index contributed by atoms with van der Waals surface area (Å²) in [5.41, 5.74) is 3.82. The smallest absolute Gasteiger partial charge is 0.332 e. The molecule has 10 nitrogen and oxygen atoms in total. The van der Waals surface area contributed by atoms with Crippen molar-refractivity contribution in [3.8, 4) is 11.5 Å². The summed E-state index contributed by atoms with van der Waals surface area (Å²) in [5.74, 6) is 0.555. The molecular formula is C22H22N6O4. The lowest BCUT2D eigenvalue weighted by Crippen LogP contribution is -2.37. The molecule has 2 N–H and O–H groups in total. The van der Waals surface area contributed by atoms with Gasteiger partial charge in [0, 0.05) is 19.7 Å². The van der Waals surface area contributed by atoms with Crippen molar-refractivity contribution in [3.05, 3.63) is 80.5 Å². The quantitative estimate of drug-likeness (QED) is 0.352. The first kappa shape index (κ1) is 20.9. The van der Waals surface area contributed by atoms with Crippen molar-refractivity contribution in [2.24, 2.45) is 19.2 Å². The molecule has 0 bridgehead atoms. The van der Waals surface area contributed by atoms with Gasteiger partial charge in [0.15, 0.2) is 22.7 Å². The maximum Gasteiger partial charge on any atom is 0.332 e. The second-order valence-corrected chi connectivity index (χ2v) is 7.15. The highest BCUT2D eigenvalue weighted by molar-refractivity contribution is 5.85. The lowest BCUT2D eigenvalue weighted by atomic mass is 10.2. The molecule has 0 atom stereocenters. The van der Waals surface area contributed by atoms with E-state index in [-0.39, 0.29) is 22.9 Å². The molecule has 0 radical (unpaired) electrons. The standard InChI is InChI=1S/C22H22N6O4/c1-26-19-17(20(30)27(2)22(26)31)28(13-14-8-5-4-6-9-14)21(24-19)25-23-12-15-10-7-11-16(32-3)18(15)29/h4-12,29H,13H2,1-3H3,(H,24,25)/b23-12+. The van der Waals surface area contributed by atoms with Crippen molar-refractivity contribution in [1.82, 2.24) is 18.7 Å². The van der Waals surface area contributed by atoms with E-state index in [1.54, 1.807) is 29.8 Å². The summed E-state index contributed by atoms with van der Waals surface area (Å²) < 4.78 is 9.15. The first-order valence-electron chi connectivity index (χ1n) is 9.77. The Kier molecular flexibility index (Phi) is 5.50. The number of benzene rings is 2. The average molecular weight is 434 g/mol. The van der Waals surface area contributed by atoms with E-state index < -0.39 is 11.2 Å². The SMILES string of the molecule is COc1cccc(/C=N/Nc2nc3c(c(=O)n(C)c(=O)n3C)n2Cc2ccccc2)c1O. The summed E-state index contributed by atoms with van der Waals surface area (Å²) in [6.07, 6.45) is 1.42. The molecule has 164 valence electrons. The van der Waals surface area contributed by atoms with Crippen LogP contribution in [0.1, 0.15) is 11.1 Å². The minimum absolute atomic E-state index is 0.0467. The van der Waals surface area contributed by atoms with Crippen LogP contribution in [-0.2, 0) is 20.6 Å². The maximum atomic E-state index is 12.9. The molecule has 0 fully saturated rings. The number of ether oxygens (including phenoxy) is 1. The first-order chi connectivity index (χ1) is 15.4. The summed E-state index contributed by atoms with van der Waals surface area (Å²) >= 11 is 0. The monoisotopic (exact) mass is 434 g/mol. The summed E-state index contributed by atoms with van der Waals surface area (Å²) in [7, 11) is 4.46. The van der Waals surface area contributed by atoms with Crippen LogP contribution in [0, 0.1) is 0 Å². The minimum Gasteiger partial charge on any atom is -0.504 e. The Balaban J connectivity index is 1.81. The molecule has 2 aromatic carbocycles. The number of hydrogen-bond acceptors (Lipinski definition) is 7. The predicted octanol–water partition coefficient (Wildman–Crippen LogP) is 1.64. The maximum absolute atomic E-state index is 12.9. The van der Waals surface area contributed by atoms with Crippen molar-refractivity contribution in [2.75, 3.05) is 12.5 Å². The molecule has 0 amide bonds. The molecule has 0 saturated carbocycles. The first-order valence-corrected chi connectivity index (χ1v) is 9.77. The fourth-order valence-corrected chi connectivity index (χ4v) is 3.42. The second kappa shape index (κ2) is 8.42.